The first-order valence-corrected chi connectivity index (χ1v) is 7.64. The minimum Gasteiger partial charge on any atom is -0.318 e. The molecule has 3 aromatic rings. The number of halogens is 1. The van der Waals surface area contributed by atoms with Crippen LogP contribution in [-0.2, 0) is 0 Å². The summed E-state index contributed by atoms with van der Waals surface area (Å²) in [5.41, 5.74) is 4.12. The van der Waals surface area contributed by atoms with Crippen LogP contribution in [0.4, 0.5) is 10.2 Å². The molecule has 0 saturated carbocycles. The van der Waals surface area contributed by atoms with Crippen LogP contribution in [0.5, 0.6) is 0 Å². The van der Waals surface area contributed by atoms with E-state index in [9.17, 15) is 9.18 Å². The molecule has 0 aliphatic carbocycles. The lowest BCUT2D eigenvalue weighted by atomic mass is 10.2. The van der Waals surface area contributed by atoms with Gasteiger partial charge in [0.1, 0.15) is 11.6 Å². The molecule has 122 valence electrons. The Bertz CT molecular complexity index is 880. The summed E-state index contributed by atoms with van der Waals surface area (Å²) in [7, 11) is 0. The second-order valence-corrected chi connectivity index (χ2v) is 5.77. The Balaban J connectivity index is 1.92. The number of benzene rings is 1. The predicted octanol–water partition coefficient (Wildman–Crippen LogP) is 4.19. The molecule has 2 heterocycles. The lowest BCUT2D eigenvalue weighted by molar-refractivity contribution is 0.102. The van der Waals surface area contributed by atoms with Gasteiger partial charge in [-0.2, -0.15) is 0 Å². The number of hydrogen-bond acceptors (Lipinski definition) is 2. The number of rotatable bonds is 3. The van der Waals surface area contributed by atoms with Crippen molar-refractivity contribution in [2.24, 2.45) is 0 Å². The van der Waals surface area contributed by atoms with Crippen molar-refractivity contribution in [2.45, 2.75) is 20.8 Å². The molecule has 5 heteroatoms. The normalized spacial score (nSPS) is 10.7. The SMILES string of the molecule is Cc1ccc(NC(=O)c2cc(C)n(-c3ccc(F)cc3)c2C)nc1. The third-order valence-electron chi connectivity index (χ3n) is 3.91. The number of amides is 1. The Morgan fingerprint density at radius 3 is 2.42 bits per heavy atom. The largest absolute Gasteiger partial charge is 0.318 e. The third-order valence-corrected chi connectivity index (χ3v) is 3.91. The van der Waals surface area contributed by atoms with Crippen LogP contribution >= 0.6 is 0 Å². The van der Waals surface area contributed by atoms with Gasteiger partial charge >= 0.3 is 0 Å². The van der Waals surface area contributed by atoms with E-state index in [1.54, 1.807) is 24.4 Å². The number of nitrogens with zero attached hydrogens (tertiary/aromatic N) is 2. The molecule has 0 aliphatic heterocycles. The van der Waals surface area contributed by atoms with Gasteiger partial charge < -0.3 is 9.88 Å². The van der Waals surface area contributed by atoms with Crippen LogP contribution in [0.2, 0.25) is 0 Å². The van der Waals surface area contributed by atoms with Gasteiger partial charge in [0.15, 0.2) is 0 Å². The number of carbonyl (C=O) groups is 1. The highest BCUT2D eigenvalue weighted by molar-refractivity contribution is 6.05. The average molecular weight is 323 g/mol. The van der Waals surface area contributed by atoms with Gasteiger partial charge in [-0.3, -0.25) is 4.79 Å². The van der Waals surface area contributed by atoms with Crippen molar-refractivity contribution in [1.82, 2.24) is 9.55 Å². The summed E-state index contributed by atoms with van der Waals surface area (Å²) in [6, 6.07) is 11.7. The van der Waals surface area contributed by atoms with Gasteiger partial charge in [0, 0.05) is 23.3 Å². The number of carbonyl (C=O) groups excluding carboxylic acids is 1. The van der Waals surface area contributed by atoms with Gasteiger partial charge in [0.05, 0.1) is 5.56 Å². The minimum absolute atomic E-state index is 0.215. The summed E-state index contributed by atoms with van der Waals surface area (Å²) in [6.07, 6.45) is 1.71. The van der Waals surface area contributed by atoms with Crippen LogP contribution in [0.15, 0.2) is 48.7 Å². The zero-order valence-electron chi connectivity index (χ0n) is 13.8. The molecule has 3 rings (SSSR count). The van der Waals surface area contributed by atoms with Gasteiger partial charge in [-0.1, -0.05) is 6.07 Å². The lowest BCUT2D eigenvalue weighted by Crippen LogP contribution is -2.14. The van der Waals surface area contributed by atoms with Crippen molar-refractivity contribution in [3.63, 3.8) is 0 Å². The highest BCUT2D eigenvalue weighted by atomic mass is 19.1. The standard InChI is InChI=1S/C19H18FN3O/c1-12-4-9-18(21-11-12)22-19(24)17-10-13(2)23(14(17)3)16-7-5-15(20)6-8-16/h4-11H,1-3H3,(H,21,22,24). The summed E-state index contributed by atoms with van der Waals surface area (Å²) in [6.45, 7) is 5.72. The Labute approximate surface area is 140 Å². The van der Waals surface area contributed by atoms with E-state index in [0.29, 0.717) is 11.4 Å². The Morgan fingerprint density at radius 1 is 1.08 bits per heavy atom. The molecule has 0 atom stereocenters. The monoisotopic (exact) mass is 323 g/mol. The maximum atomic E-state index is 13.1. The number of aromatic nitrogens is 2. The fourth-order valence-electron chi connectivity index (χ4n) is 2.71. The van der Waals surface area contributed by atoms with Crippen LogP contribution in [0.3, 0.4) is 0 Å². The predicted molar refractivity (Wildman–Crippen MR) is 92.1 cm³/mol. The molecular weight excluding hydrogens is 305 g/mol. The topological polar surface area (TPSA) is 46.9 Å². The molecule has 0 saturated heterocycles. The van der Waals surface area contributed by atoms with E-state index in [2.05, 4.69) is 10.3 Å². The van der Waals surface area contributed by atoms with Crippen molar-refractivity contribution < 1.29 is 9.18 Å². The van der Waals surface area contributed by atoms with Crippen LogP contribution in [0, 0.1) is 26.6 Å². The van der Waals surface area contributed by atoms with Gasteiger partial charge in [-0.15, -0.1) is 0 Å². The van der Waals surface area contributed by atoms with E-state index >= 15 is 0 Å². The Morgan fingerprint density at radius 2 is 1.79 bits per heavy atom. The van der Waals surface area contributed by atoms with E-state index in [4.69, 9.17) is 0 Å². The molecule has 1 amide bonds. The molecule has 0 bridgehead atoms. The van der Waals surface area contributed by atoms with Gasteiger partial charge in [-0.05, 0) is 62.7 Å². The molecule has 24 heavy (non-hydrogen) atoms. The van der Waals surface area contributed by atoms with E-state index in [-0.39, 0.29) is 11.7 Å². The summed E-state index contributed by atoms with van der Waals surface area (Å²) in [4.78, 5) is 16.7. The summed E-state index contributed by atoms with van der Waals surface area (Å²) in [5.74, 6) is 0.00891. The second-order valence-electron chi connectivity index (χ2n) is 5.77. The lowest BCUT2D eigenvalue weighted by Gasteiger charge is -2.10. The van der Waals surface area contributed by atoms with Crippen LogP contribution in [-0.4, -0.2) is 15.5 Å². The Kier molecular flexibility index (Phi) is 4.16. The van der Waals surface area contributed by atoms with E-state index < -0.39 is 0 Å². The number of aryl methyl sites for hydroxylation is 2. The second kappa shape index (κ2) is 6.28. The van der Waals surface area contributed by atoms with Gasteiger partial charge in [0.25, 0.3) is 5.91 Å². The zero-order chi connectivity index (χ0) is 17.3. The first-order valence-electron chi connectivity index (χ1n) is 7.64. The fraction of sp³-hybridized carbons (Fsp3) is 0.158. The molecule has 0 radical (unpaired) electrons. The Hall–Kier alpha value is -2.95. The molecular formula is C19H18FN3O. The minimum atomic E-state index is -0.287. The molecule has 0 aliphatic rings. The fourth-order valence-corrected chi connectivity index (χ4v) is 2.71. The van der Waals surface area contributed by atoms with Crippen LogP contribution in [0.1, 0.15) is 27.3 Å². The first-order chi connectivity index (χ1) is 11.5. The van der Waals surface area contributed by atoms with E-state index in [0.717, 1.165) is 22.6 Å². The van der Waals surface area contributed by atoms with Crippen molar-refractivity contribution >= 4 is 11.7 Å². The molecule has 0 spiro atoms. The molecule has 4 nitrogen and oxygen atoms in total. The summed E-state index contributed by atoms with van der Waals surface area (Å²) >= 11 is 0. The van der Waals surface area contributed by atoms with Crippen LogP contribution in [0.25, 0.3) is 5.69 Å². The smallest absolute Gasteiger partial charge is 0.258 e. The van der Waals surface area contributed by atoms with Crippen molar-refractivity contribution in [1.29, 1.82) is 0 Å². The van der Waals surface area contributed by atoms with Crippen molar-refractivity contribution in [2.75, 3.05) is 5.32 Å². The number of hydrogen-bond donors (Lipinski definition) is 1. The zero-order valence-corrected chi connectivity index (χ0v) is 13.8. The molecule has 0 fully saturated rings. The van der Waals surface area contributed by atoms with Gasteiger partial charge in [-0.25, -0.2) is 9.37 Å². The average Bonchev–Trinajstić information content (AvgIpc) is 2.85. The molecule has 0 unspecified atom stereocenters. The molecule has 2 aromatic heterocycles. The third kappa shape index (κ3) is 3.06. The van der Waals surface area contributed by atoms with E-state index in [1.165, 1.54) is 12.1 Å². The quantitative estimate of drug-likeness (QED) is 0.785. The highest BCUT2D eigenvalue weighted by Gasteiger charge is 2.17. The van der Waals surface area contributed by atoms with Crippen LogP contribution < -0.4 is 5.32 Å². The summed E-state index contributed by atoms with van der Waals surface area (Å²) < 4.78 is 15.1. The van der Waals surface area contributed by atoms with Gasteiger partial charge in [0.2, 0.25) is 0 Å². The number of nitrogens with one attached hydrogen (secondary N) is 1. The summed E-state index contributed by atoms with van der Waals surface area (Å²) in [5, 5.41) is 2.80. The molecule has 1 N–H and O–H groups in total. The maximum absolute atomic E-state index is 13.1. The van der Waals surface area contributed by atoms with E-state index in [1.807, 2.05) is 37.5 Å². The van der Waals surface area contributed by atoms with Crippen molar-refractivity contribution in [3.05, 3.63) is 77.0 Å². The maximum Gasteiger partial charge on any atom is 0.258 e. The first kappa shape index (κ1) is 15.9. The highest BCUT2D eigenvalue weighted by Crippen LogP contribution is 2.22. The number of anilines is 1. The number of pyridine rings is 1. The van der Waals surface area contributed by atoms with Crippen molar-refractivity contribution in [3.8, 4) is 5.69 Å². The molecule has 1 aromatic carbocycles.